The van der Waals surface area contributed by atoms with E-state index in [-0.39, 0.29) is 5.92 Å². The molecule has 0 bridgehead atoms. The van der Waals surface area contributed by atoms with Crippen LogP contribution in [0.5, 0.6) is 0 Å². The first-order valence-electron chi connectivity index (χ1n) is 4.90. The molecule has 1 aliphatic rings. The van der Waals surface area contributed by atoms with E-state index in [4.69, 9.17) is 5.73 Å². The van der Waals surface area contributed by atoms with E-state index in [9.17, 15) is 8.42 Å². The molecule has 0 aromatic heterocycles. The first kappa shape index (κ1) is 11.9. The zero-order valence-electron chi connectivity index (χ0n) is 8.73. The average Bonchev–Trinajstić information content (AvgIpc) is 2.18. The number of hydrogen-bond donors (Lipinski definition) is 2. The van der Waals surface area contributed by atoms with Crippen LogP contribution < -0.4 is 10.5 Å². The van der Waals surface area contributed by atoms with E-state index in [1.165, 1.54) is 11.4 Å². The van der Waals surface area contributed by atoms with Crippen molar-refractivity contribution in [3.05, 3.63) is 0 Å². The molecule has 0 aliphatic carbocycles. The number of nitrogens with zero attached hydrogens (tertiary/aromatic N) is 1. The summed E-state index contributed by atoms with van der Waals surface area (Å²) in [7, 11) is -1.82. The Morgan fingerprint density at radius 2 is 2.21 bits per heavy atom. The average molecular weight is 221 g/mol. The van der Waals surface area contributed by atoms with Crippen LogP contribution >= 0.6 is 0 Å². The molecule has 2 unspecified atom stereocenters. The fraction of sp³-hybridized carbons (Fsp3) is 1.00. The molecule has 0 aromatic carbocycles. The van der Waals surface area contributed by atoms with Crippen molar-refractivity contribution in [1.82, 2.24) is 9.03 Å². The van der Waals surface area contributed by atoms with Gasteiger partial charge in [-0.15, -0.1) is 0 Å². The van der Waals surface area contributed by atoms with Crippen LogP contribution in [0.1, 0.15) is 13.3 Å². The Morgan fingerprint density at radius 1 is 1.57 bits per heavy atom. The zero-order valence-corrected chi connectivity index (χ0v) is 9.55. The maximum Gasteiger partial charge on any atom is 0.279 e. The minimum Gasteiger partial charge on any atom is -0.330 e. The lowest BCUT2D eigenvalue weighted by Crippen LogP contribution is -2.48. The minimum absolute atomic E-state index is 0.284. The molecule has 1 saturated heterocycles. The molecular weight excluding hydrogens is 202 g/mol. The molecule has 1 heterocycles. The quantitative estimate of drug-likeness (QED) is 0.666. The van der Waals surface area contributed by atoms with Crippen molar-refractivity contribution in [2.75, 3.05) is 26.7 Å². The molecule has 1 rings (SSSR count). The van der Waals surface area contributed by atoms with Crippen LogP contribution in [0.4, 0.5) is 0 Å². The molecule has 3 N–H and O–H groups in total. The van der Waals surface area contributed by atoms with Gasteiger partial charge in [0.1, 0.15) is 0 Å². The summed E-state index contributed by atoms with van der Waals surface area (Å²) in [5.74, 6) is 0.801. The Morgan fingerprint density at radius 3 is 2.71 bits per heavy atom. The van der Waals surface area contributed by atoms with Crippen LogP contribution in [0, 0.1) is 11.8 Å². The van der Waals surface area contributed by atoms with E-state index < -0.39 is 10.2 Å². The fourth-order valence-corrected chi connectivity index (χ4v) is 2.76. The maximum atomic E-state index is 11.5. The number of piperidine rings is 1. The van der Waals surface area contributed by atoms with Crippen molar-refractivity contribution >= 4 is 10.2 Å². The number of nitrogens with one attached hydrogen (secondary N) is 1. The number of nitrogens with two attached hydrogens (primary N) is 1. The highest BCUT2D eigenvalue weighted by Gasteiger charge is 2.30. The van der Waals surface area contributed by atoms with E-state index in [1.54, 1.807) is 0 Å². The summed E-state index contributed by atoms with van der Waals surface area (Å²) in [6, 6.07) is 0. The van der Waals surface area contributed by atoms with Gasteiger partial charge in [-0.2, -0.15) is 12.7 Å². The second kappa shape index (κ2) is 4.57. The van der Waals surface area contributed by atoms with Crippen LogP contribution in [0.15, 0.2) is 0 Å². The van der Waals surface area contributed by atoms with Gasteiger partial charge in [0.15, 0.2) is 0 Å². The van der Waals surface area contributed by atoms with Crippen molar-refractivity contribution in [1.29, 1.82) is 0 Å². The third-order valence-corrected chi connectivity index (χ3v) is 4.50. The predicted molar refractivity (Wildman–Crippen MR) is 55.9 cm³/mol. The molecule has 0 amide bonds. The van der Waals surface area contributed by atoms with Crippen LogP contribution in [0.3, 0.4) is 0 Å². The minimum atomic E-state index is -3.26. The highest BCUT2D eigenvalue weighted by atomic mass is 32.2. The van der Waals surface area contributed by atoms with Gasteiger partial charge in [-0.1, -0.05) is 6.92 Å². The second-order valence-corrected chi connectivity index (χ2v) is 5.70. The zero-order chi connectivity index (χ0) is 10.8. The van der Waals surface area contributed by atoms with Crippen molar-refractivity contribution in [2.24, 2.45) is 17.6 Å². The van der Waals surface area contributed by atoms with Gasteiger partial charge >= 0.3 is 0 Å². The smallest absolute Gasteiger partial charge is 0.279 e. The van der Waals surface area contributed by atoms with Crippen LogP contribution in [0.2, 0.25) is 0 Å². The third kappa shape index (κ3) is 2.44. The van der Waals surface area contributed by atoms with Crippen LogP contribution in [0.25, 0.3) is 0 Å². The van der Waals surface area contributed by atoms with Gasteiger partial charge in [-0.25, -0.2) is 4.72 Å². The highest BCUT2D eigenvalue weighted by Crippen LogP contribution is 2.23. The van der Waals surface area contributed by atoms with Crippen molar-refractivity contribution in [3.63, 3.8) is 0 Å². The molecule has 0 spiro atoms. The first-order chi connectivity index (χ1) is 6.51. The molecule has 14 heavy (non-hydrogen) atoms. The Balaban J connectivity index is 2.68. The molecular formula is C8H19N3O2S. The third-order valence-electron chi connectivity index (χ3n) is 2.98. The molecule has 1 aliphatic heterocycles. The summed E-state index contributed by atoms with van der Waals surface area (Å²) in [6.07, 6.45) is 0.892. The van der Waals surface area contributed by atoms with Gasteiger partial charge in [-0.3, -0.25) is 0 Å². The summed E-state index contributed by atoms with van der Waals surface area (Å²) in [5, 5.41) is 0. The fourth-order valence-electron chi connectivity index (χ4n) is 1.77. The number of hydrogen-bond acceptors (Lipinski definition) is 3. The lowest BCUT2D eigenvalue weighted by atomic mass is 9.88. The largest absolute Gasteiger partial charge is 0.330 e. The van der Waals surface area contributed by atoms with E-state index in [2.05, 4.69) is 11.6 Å². The molecule has 84 valence electrons. The molecule has 0 aromatic rings. The van der Waals surface area contributed by atoms with Crippen molar-refractivity contribution in [3.8, 4) is 0 Å². The summed E-state index contributed by atoms with van der Waals surface area (Å²) in [4.78, 5) is 0. The summed E-state index contributed by atoms with van der Waals surface area (Å²) < 4.78 is 26.8. The van der Waals surface area contributed by atoms with Gasteiger partial charge in [-0.05, 0) is 24.8 Å². The van der Waals surface area contributed by atoms with E-state index >= 15 is 0 Å². The van der Waals surface area contributed by atoms with Crippen LogP contribution in [-0.2, 0) is 10.2 Å². The summed E-state index contributed by atoms with van der Waals surface area (Å²) >= 11 is 0. The van der Waals surface area contributed by atoms with Gasteiger partial charge in [0.25, 0.3) is 10.2 Å². The SMILES string of the molecule is CNS(=O)(=O)N1CCC(C)C(CN)C1. The topological polar surface area (TPSA) is 75.4 Å². The molecule has 5 nitrogen and oxygen atoms in total. The van der Waals surface area contributed by atoms with E-state index in [0.29, 0.717) is 25.6 Å². The Labute approximate surface area is 85.8 Å². The molecule has 6 heteroatoms. The van der Waals surface area contributed by atoms with E-state index in [1.807, 2.05) is 0 Å². The van der Waals surface area contributed by atoms with Crippen LogP contribution in [-0.4, -0.2) is 39.4 Å². The summed E-state index contributed by atoms with van der Waals surface area (Å²) in [6.45, 7) is 3.82. The van der Waals surface area contributed by atoms with Gasteiger partial charge in [0.2, 0.25) is 0 Å². The highest BCUT2D eigenvalue weighted by molar-refractivity contribution is 7.87. The number of rotatable bonds is 3. The predicted octanol–water partition coefficient (Wildman–Crippen LogP) is -0.633. The van der Waals surface area contributed by atoms with E-state index in [0.717, 1.165) is 6.42 Å². The Kier molecular flexibility index (Phi) is 3.88. The summed E-state index contributed by atoms with van der Waals surface area (Å²) in [5.41, 5.74) is 5.60. The molecule has 0 radical (unpaired) electrons. The Hall–Kier alpha value is -0.170. The van der Waals surface area contributed by atoms with Gasteiger partial charge in [0.05, 0.1) is 0 Å². The van der Waals surface area contributed by atoms with Gasteiger partial charge in [0, 0.05) is 20.1 Å². The second-order valence-electron chi connectivity index (χ2n) is 3.83. The monoisotopic (exact) mass is 221 g/mol. The first-order valence-corrected chi connectivity index (χ1v) is 6.34. The Bertz CT molecular complexity index is 278. The van der Waals surface area contributed by atoms with Gasteiger partial charge < -0.3 is 5.73 Å². The maximum absolute atomic E-state index is 11.5. The van der Waals surface area contributed by atoms with Crippen molar-refractivity contribution in [2.45, 2.75) is 13.3 Å². The lowest BCUT2D eigenvalue weighted by Gasteiger charge is -2.35. The lowest BCUT2D eigenvalue weighted by molar-refractivity contribution is 0.202. The van der Waals surface area contributed by atoms with Crippen molar-refractivity contribution < 1.29 is 8.42 Å². The molecule has 1 fully saturated rings. The molecule has 0 saturated carbocycles. The standard InChI is InChI=1S/C8H19N3O2S/c1-7-3-4-11(6-8(7)5-9)14(12,13)10-2/h7-8,10H,3-6,9H2,1-2H3. The molecule has 2 atom stereocenters. The normalized spacial score (nSPS) is 30.5.